The van der Waals surface area contributed by atoms with Crippen LogP contribution in [0, 0.1) is 0 Å². The smallest absolute Gasteiger partial charge is 0.361 e. The van der Waals surface area contributed by atoms with Crippen LogP contribution in [-0.4, -0.2) is 27.8 Å². The molecule has 0 aromatic heterocycles. The molecule has 1 aromatic carbocycles. The highest BCUT2D eigenvalue weighted by Crippen LogP contribution is 2.03. The van der Waals surface area contributed by atoms with Gasteiger partial charge in [-0.2, -0.15) is 0 Å². The highest BCUT2D eigenvalue weighted by molar-refractivity contribution is 6.63. The first kappa shape index (κ1) is 11.9. The Balaban J connectivity index is 2.57. The molecule has 84 valence electrons. The number of aliphatic carboxylic acids is 1. The Bertz CT molecular complexity index is 411. The number of hydrogen-bond acceptors (Lipinski definition) is 4. The van der Waals surface area contributed by atoms with Crippen LogP contribution in [0.25, 0.3) is 0 Å². The minimum atomic E-state index is -1.51. The number of carbonyl (C=O) groups excluding carboxylic acids is 1. The van der Waals surface area contributed by atoms with Crippen molar-refractivity contribution in [3.63, 3.8) is 0 Å². The Morgan fingerprint density at radius 3 is 2.31 bits per heavy atom. The lowest BCUT2D eigenvalue weighted by Gasteiger charge is -2.00. The average molecular weight is 221 g/mol. The SMILES string of the molecule is O=C(O)C(=NO)C(=O)CCc1ccccc1. The second-order valence-corrected chi connectivity index (χ2v) is 3.16. The van der Waals surface area contributed by atoms with Gasteiger partial charge in [-0.25, -0.2) is 4.79 Å². The number of nitrogens with zero attached hydrogens (tertiary/aromatic N) is 1. The fraction of sp³-hybridized carbons (Fsp3) is 0.182. The molecular formula is C11H11NO4. The van der Waals surface area contributed by atoms with Crippen LogP contribution in [-0.2, 0) is 16.0 Å². The van der Waals surface area contributed by atoms with E-state index in [4.69, 9.17) is 10.3 Å². The van der Waals surface area contributed by atoms with Gasteiger partial charge >= 0.3 is 5.97 Å². The third kappa shape index (κ3) is 3.20. The van der Waals surface area contributed by atoms with Crippen LogP contribution >= 0.6 is 0 Å². The number of carboxylic acid groups (broad SMARTS) is 1. The zero-order valence-electron chi connectivity index (χ0n) is 8.46. The molecule has 5 heteroatoms. The van der Waals surface area contributed by atoms with Crippen molar-refractivity contribution in [2.45, 2.75) is 12.8 Å². The topological polar surface area (TPSA) is 87.0 Å². The largest absolute Gasteiger partial charge is 0.476 e. The summed E-state index contributed by atoms with van der Waals surface area (Å²) in [6.45, 7) is 0. The molecule has 0 bridgehead atoms. The Hall–Kier alpha value is -2.17. The Morgan fingerprint density at radius 1 is 1.19 bits per heavy atom. The van der Waals surface area contributed by atoms with Crippen molar-refractivity contribution in [2.24, 2.45) is 5.16 Å². The van der Waals surface area contributed by atoms with Gasteiger partial charge in [0.15, 0.2) is 5.78 Å². The number of rotatable bonds is 5. The minimum absolute atomic E-state index is 0.00963. The molecule has 0 aliphatic rings. The van der Waals surface area contributed by atoms with E-state index >= 15 is 0 Å². The van der Waals surface area contributed by atoms with Gasteiger partial charge in [-0.1, -0.05) is 35.5 Å². The van der Waals surface area contributed by atoms with Gasteiger partial charge in [0.05, 0.1) is 0 Å². The van der Waals surface area contributed by atoms with Gasteiger partial charge in [0, 0.05) is 6.42 Å². The molecule has 16 heavy (non-hydrogen) atoms. The van der Waals surface area contributed by atoms with Crippen LogP contribution in [0.3, 0.4) is 0 Å². The molecule has 0 radical (unpaired) electrons. The second kappa shape index (κ2) is 5.65. The standard InChI is InChI=1S/C11H11NO4/c13-9(10(12-16)11(14)15)7-6-8-4-2-1-3-5-8/h1-5,16H,6-7H2,(H,14,15). The number of ketones is 1. The third-order valence-corrected chi connectivity index (χ3v) is 2.05. The number of hydrogen-bond donors (Lipinski definition) is 2. The lowest BCUT2D eigenvalue weighted by atomic mass is 10.1. The molecule has 0 spiro atoms. The number of aryl methyl sites for hydroxylation is 1. The summed E-state index contributed by atoms with van der Waals surface area (Å²) in [4.78, 5) is 21.8. The van der Waals surface area contributed by atoms with Gasteiger partial charge in [0.1, 0.15) is 0 Å². The van der Waals surface area contributed by atoms with E-state index in [0.29, 0.717) is 6.42 Å². The molecule has 0 amide bonds. The van der Waals surface area contributed by atoms with E-state index in [-0.39, 0.29) is 6.42 Å². The summed E-state index contributed by atoms with van der Waals surface area (Å²) in [6, 6.07) is 9.19. The van der Waals surface area contributed by atoms with Crippen molar-refractivity contribution < 1.29 is 19.9 Å². The van der Waals surface area contributed by atoms with Crippen molar-refractivity contribution in [2.75, 3.05) is 0 Å². The summed E-state index contributed by atoms with van der Waals surface area (Å²) >= 11 is 0. The normalized spacial score (nSPS) is 11.1. The Morgan fingerprint density at radius 2 is 1.81 bits per heavy atom. The van der Waals surface area contributed by atoms with Gasteiger partial charge in [-0.15, -0.1) is 0 Å². The van der Waals surface area contributed by atoms with E-state index in [1.54, 1.807) is 0 Å². The molecule has 0 unspecified atom stereocenters. The average Bonchev–Trinajstić information content (AvgIpc) is 2.28. The van der Waals surface area contributed by atoms with Gasteiger partial charge < -0.3 is 10.3 Å². The molecule has 0 aliphatic carbocycles. The Kier molecular flexibility index (Phi) is 4.20. The molecule has 0 fully saturated rings. The maximum atomic E-state index is 11.3. The van der Waals surface area contributed by atoms with Gasteiger partial charge in [-0.05, 0) is 12.0 Å². The third-order valence-electron chi connectivity index (χ3n) is 2.05. The van der Waals surface area contributed by atoms with Crippen LogP contribution in [0.1, 0.15) is 12.0 Å². The van der Waals surface area contributed by atoms with E-state index in [1.165, 1.54) is 0 Å². The van der Waals surface area contributed by atoms with Crippen LogP contribution in [0.15, 0.2) is 35.5 Å². The number of Topliss-reactive ketones (excluding diaryl/α,β-unsaturated/α-hetero) is 1. The fourth-order valence-electron chi connectivity index (χ4n) is 1.24. The minimum Gasteiger partial charge on any atom is -0.476 e. The van der Waals surface area contributed by atoms with Crippen LogP contribution in [0.4, 0.5) is 0 Å². The summed E-state index contributed by atoms with van der Waals surface area (Å²) in [5.74, 6) is -2.19. The molecule has 1 rings (SSSR count). The molecule has 0 saturated heterocycles. The monoisotopic (exact) mass is 221 g/mol. The van der Waals surface area contributed by atoms with E-state index in [1.807, 2.05) is 30.3 Å². The maximum absolute atomic E-state index is 11.3. The molecular weight excluding hydrogens is 210 g/mol. The molecule has 1 aromatic rings. The van der Waals surface area contributed by atoms with Crippen molar-refractivity contribution in [3.8, 4) is 0 Å². The molecule has 2 N–H and O–H groups in total. The van der Waals surface area contributed by atoms with Gasteiger partial charge in [-0.3, -0.25) is 4.79 Å². The van der Waals surface area contributed by atoms with Gasteiger partial charge in [0.25, 0.3) is 0 Å². The van der Waals surface area contributed by atoms with E-state index in [2.05, 4.69) is 5.16 Å². The molecule has 0 saturated carbocycles. The highest BCUT2D eigenvalue weighted by atomic mass is 16.4. The number of benzene rings is 1. The van der Waals surface area contributed by atoms with Crippen LogP contribution in [0.5, 0.6) is 0 Å². The number of carbonyl (C=O) groups is 2. The summed E-state index contributed by atoms with van der Waals surface area (Å²) in [6.07, 6.45) is 0.432. The van der Waals surface area contributed by atoms with Crippen molar-refractivity contribution in [3.05, 3.63) is 35.9 Å². The predicted molar refractivity (Wildman–Crippen MR) is 56.6 cm³/mol. The zero-order valence-corrected chi connectivity index (χ0v) is 8.46. The van der Waals surface area contributed by atoms with Crippen molar-refractivity contribution in [1.29, 1.82) is 0 Å². The Labute approximate surface area is 92.0 Å². The predicted octanol–water partition coefficient (Wildman–Crippen LogP) is 1.10. The van der Waals surface area contributed by atoms with E-state index in [9.17, 15) is 9.59 Å². The molecule has 5 nitrogen and oxygen atoms in total. The quantitative estimate of drug-likeness (QED) is 0.337. The van der Waals surface area contributed by atoms with E-state index < -0.39 is 17.5 Å². The second-order valence-electron chi connectivity index (χ2n) is 3.16. The zero-order chi connectivity index (χ0) is 12.0. The summed E-state index contributed by atoms with van der Waals surface area (Å²) in [5, 5.41) is 19.3. The van der Waals surface area contributed by atoms with Crippen molar-refractivity contribution >= 4 is 17.5 Å². The lowest BCUT2D eigenvalue weighted by molar-refractivity contribution is -0.130. The molecule has 0 atom stereocenters. The summed E-state index contributed by atoms with van der Waals surface area (Å²) < 4.78 is 0. The fourth-order valence-corrected chi connectivity index (χ4v) is 1.24. The number of carboxylic acids is 1. The number of oxime groups is 1. The first-order chi connectivity index (χ1) is 7.65. The summed E-state index contributed by atoms with van der Waals surface area (Å²) in [7, 11) is 0. The first-order valence-electron chi connectivity index (χ1n) is 4.67. The van der Waals surface area contributed by atoms with Crippen LogP contribution in [0.2, 0.25) is 0 Å². The first-order valence-corrected chi connectivity index (χ1v) is 4.67. The van der Waals surface area contributed by atoms with Crippen LogP contribution < -0.4 is 0 Å². The lowest BCUT2D eigenvalue weighted by Crippen LogP contribution is -2.24. The van der Waals surface area contributed by atoms with E-state index in [0.717, 1.165) is 5.56 Å². The summed E-state index contributed by atoms with van der Waals surface area (Å²) in [5.41, 5.74) is 0.106. The highest BCUT2D eigenvalue weighted by Gasteiger charge is 2.19. The van der Waals surface area contributed by atoms with Gasteiger partial charge in [0.2, 0.25) is 5.71 Å². The molecule has 0 aliphatic heterocycles. The molecule has 0 heterocycles. The maximum Gasteiger partial charge on any atom is 0.361 e. The van der Waals surface area contributed by atoms with Crippen molar-refractivity contribution in [1.82, 2.24) is 0 Å².